The number of fused-ring (bicyclic) bond motifs is 2. The fourth-order valence-corrected chi connectivity index (χ4v) is 3.48. The average Bonchev–Trinajstić information content (AvgIpc) is 2.76. The number of carbonyl (C=O) groups is 1. The van der Waals surface area contributed by atoms with Gasteiger partial charge in [-0.2, -0.15) is 5.10 Å². The number of rotatable bonds is 4. The van der Waals surface area contributed by atoms with Crippen molar-refractivity contribution in [1.29, 1.82) is 0 Å². The highest BCUT2D eigenvalue weighted by Crippen LogP contribution is 2.31. The molecule has 0 unspecified atom stereocenters. The summed E-state index contributed by atoms with van der Waals surface area (Å²) in [6.07, 6.45) is 1.73. The summed E-state index contributed by atoms with van der Waals surface area (Å²) in [6, 6.07) is 23.4. The van der Waals surface area contributed by atoms with Gasteiger partial charge in [0.15, 0.2) is 0 Å². The number of hydrazone groups is 1. The van der Waals surface area contributed by atoms with Crippen LogP contribution >= 0.6 is 0 Å². The monoisotopic (exact) mass is 368 g/mol. The fraction of sp³-hybridized carbons (Fsp3) is 0.0833. The molecule has 0 aliphatic heterocycles. The summed E-state index contributed by atoms with van der Waals surface area (Å²) in [4.78, 5) is 12.4. The van der Waals surface area contributed by atoms with Gasteiger partial charge >= 0.3 is 0 Å². The number of carbonyl (C=O) groups excluding carboxylic acids is 1. The molecule has 0 radical (unpaired) electrons. The van der Waals surface area contributed by atoms with E-state index in [-0.39, 0.29) is 5.91 Å². The summed E-state index contributed by atoms with van der Waals surface area (Å²) >= 11 is 0. The van der Waals surface area contributed by atoms with Crippen LogP contribution in [-0.2, 0) is 0 Å². The van der Waals surface area contributed by atoms with Crippen molar-refractivity contribution in [3.8, 4) is 5.75 Å². The lowest BCUT2D eigenvalue weighted by Gasteiger charge is -2.11. The molecular formula is C24H20N2O2. The van der Waals surface area contributed by atoms with E-state index in [0.717, 1.165) is 16.3 Å². The Hall–Kier alpha value is -3.66. The minimum absolute atomic E-state index is 0.264. The summed E-state index contributed by atoms with van der Waals surface area (Å²) in [5, 5.41) is 8.83. The van der Waals surface area contributed by atoms with Gasteiger partial charge in [0.1, 0.15) is 5.75 Å². The van der Waals surface area contributed by atoms with Gasteiger partial charge in [0.2, 0.25) is 0 Å². The number of nitrogens with zero attached hydrogens (tertiary/aromatic N) is 1. The van der Waals surface area contributed by atoms with Crippen molar-refractivity contribution < 1.29 is 9.53 Å². The van der Waals surface area contributed by atoms with Crippen molar-refractivity contribution in [1.82, 2.24) is 5.43 Å². The van der Waals surface area contributed by atoms with E-state index < -0.39 is 0 Å². The first kappa shape index (κ1) is 17.7. The SMILES string of the molecule is COc1ccc(C(=O)N/N=C/c2c3ccccc3c(C)c3ccccc23)cc1. The average molecular weight is 368 g/mol. The zero-order valence-electron chi connectivity index (χ0n) is 15.8. The quantitative estimate of drug-likeness (QED) is 0.310. The van der Waals surface area contributed by atoms with Crippen molar-refractivity contribution in [3.05, 3.63) is 89.5 Å². The van der Waals surface area contributed by atoms with Crippen LogP contribution in [0.3, 0.4) is 0 Å². The van der Waals surface area contributed by atoms with Gasteiger partial charge in [0.05, 0.1) is 13.3 Å². The van der Waals surface area contributed by atoms with Crippen LogP contribution in [0.2, 0.25) is 0 Å². The van der Waals surface area contributed by atoms with Crippen molar-refractivity contribution >= 4 is 33.7 Å². The minimum atomic E-state index is -0.264. The Morgan fingerprint density at radius 3 is 1.93 bits per heavy atom. The van der Waals surface area contributed by atoms with E-state index in [1.807, 2.05) is 24.3 Å². The molecule has 138 valence electrons. The maximum absolute atomic E-state index is 12.4. The van der Waals surface area contributed by atoms with Crippen LogP contribution in [0.1, 0.15) is 21.5 Å². The number of methoxy groups -OCH3 is 1. The molecule has 4 heteroatoms. The number of amides is 1. The van der Waals surface area contributed by atoms with Crippen LogP contribution in [0.15, 0.2) is 77.9 Å². The third-order valence-electron chi connectivity index (χ3n) is 4.95. The molecule has 1 amide bonds. The smallest absolute Gasteiger partial charge is 0.271 e. The predicted molar refractivity (Wildman–Crippen MR) is 114 cm³/mol. The zero-order chi connectivity index (χ0) is 19.5. The Morgan fingerprint density at radius 2 is 1.39 bits per heavy atom. The van der Waals surface area contributed by atoms with Gasteiger partial charge in [-0.25, -0.2) is 5.43 Å². The maximum Gasteiger partial charge on any atom is 0.271 e. The van der Waals surface area contributed by atoms with Gasteiger partial charge in [-0.3, -0.25) is 4.79 Å². The second-order valence-corrected chi connectivity index (χ2v) is 6.56. The molecule has 0 aliphatic carbocycles. The molecule has 4 nitrogen and oxygen atoms in total. The molecule has 0 saturated heterocycles. The highest BCUT2D eigenvalue weighted by Gasteiger charge is 2.10. The summed E-state index contributed by atoms with van der Waals surface area (Å²) in [5.74, 6) is 0.442. The number of hydrogen-bond donors (Lipinski definition) is 1. The molecule has 0 aliphatic rings. The second-order valence-electron chi connectivity index (χ2n) is 6.56. The highest BCUT2D eigenvalue weighted by atomic mass is 16.5. The minimum Gasteiger partial charge on any atom is -0.497 e. The molecular weight excluding hydrogens is 348 g/mol. The standard InChI is InChI=1S/C24H20N2O2/c1-16-19-7-3-5-9-21(19)23(22-10-6-4-8-20(16)22)15-25-26-24(27)17-11-13-18(28-2)14-12-17/h3-15H,1-2H3,(H,26,27)/b25-15+. The third-order valence-corrected chi connectivity index (χ3v) is 4.95. The van der Waals surface area contributed by atoms with Crippen LogP contribution in [0, 0.1) is 6.92 Å². The molecule has 0 bridgehead atoms. The summed E-state index contributed by atoms with van der Waals surface area (Å²) in [6.45, 7) is 2.14. The lowest BCUT2D eigenvalue weighted by Crippen LogP contribution is -2.17. The van der Waals surface area contributed by atoms with Crippen molar-refractivity contribution in [3.63, 3.8) is 0 Å². The lowest BCUT2D eigenvalue weighted by atomic mass is 9.93. The largest absolute Gasteiger partial charge is 0.497 e. The Kier molecular flexibility index (Phi) is 4.77. The Bertz CT molecular complexity index is 1140. The topological polar surface area (TPSA) is 50.7 Å². The van der Waals surface area contributed by atoms with E-state index in [1.54, 1.807) is 37.6 Å². The van der Waals surface area contributed by atoms with Gasteiger partial charge in [0, 0.05) is 11.1 Å². The van der Waals surface area contributed by atoms with E-state index in [1.165, 1.54) is 16.3 Å². The Balaban J connectivity index is 1.70. The van der Waals surface area contributed by atoms with E-state index in [2.05, 4.69) is 41.7 Å². The second kappa shape index (κ2) is 7.53. The van der Waals surface area contributed by atoms with Gasteiger partial charge in [0.25, 0.3) is 5.91 Å². The first-order chi connectivity index (χ1) is 13.7. The van der Waals surface area contributed by atoms with Crippen molar-refractivity contribution in [2.45, 2.75) is 6.92 Å². The molecule has 0 atom stereocenters. The zero-order valence-corrected chi connectivity index (χ0v) is 15.8. The van der Waals surface area contributed by atoms with Crippen LogP contribution in [-0.4, -0.2) is 19.2 Å². The van der Waals surface area contributed by atoms with Crippen molar-refractivity contribution in [2.24, 2.45) is 5.10 Å². The van der Waals surface area contributed by atoms with Crippen LogP contribution < -0.4 is 10.2 Å². The Morgan fingerprint density at radius 1 is 0.857 bits per heavy atom. The molecule has 4 aromatic rings. The van der Waals surface area contributed by atoms with E-state index in [0.29, 0.717) is 11.3 Å². The maximum atomic E-state index is 12.4. The van der Waals surface area contributed by atoms with Gasteiger partial charge in [-0.15, -0.1) is 0 Å². The summed E-state index contributed by atoms with van der Waals surface area (Å²) in [7, 11) is 1.59. The molecule has 4 aromatic carbocycles. The predicted octanol–water partition coefficient (Wildman–Crippen LogP) is 5.07. The molecule has 4 rings (SSSR count). The molecule has 0 heterocycles. The summed E-state index contributed by atoms with van der Waals surface area (Å²) < 4.78 is 5.12. The number of benzene rings is 4. The van der Waals surface area contributed by atoms with Gasteiger partial charge in [-0.05, 0) is 58.3 Å². The molecule has 0 fully saturated rings. The van der Waals surface area contributed by atoms with Gasteiger partial charge in [-0.1, -0.05) is 48.5 Å². The van der Waals surface area contributed by atoms with E-state index in [9.17, 15) is 4.79 Å². The third kappa shape index (κ3) is 3.21. The molecule has 0 spiro atoms. The number of aryl methyl sites for hydroxylation is 1. The first-order valence-corrected chi connectivity index (χ1v) is 9.06. The van der Waals surface area contributed by atoms with Crippen LogP contribution in [0.4, 0.5) is 0 Å². The fourth-order valence-electron chi connectivity index (χ4n) is 3.48. The number of nitrogens with one attached hydrogen (secondary N) is 1. The Labute approximate surface area is 163 Å². The lowest BCUT2D eigenvalue weighted by molar-refractivity contribution is 0.0955. The van der Waals surface area contributed by atoms with Gasteiger partial charge < -0.3 is 4.74 Å². The molecule has 0 saturated carbocycles. The number of ether oxygens (including phenoxy) is 1. The van der Waals surface area contributed by atoms with Crippen molar-refractivity contribution in [2.75, 3.05) is 7.11 Å². The van der Waals surface area contributed by atoms with Crippen LogP contribution in [0.25, 0.3) is 21.5 Å². The molecule has 28 heavy (non-hydrogen) atoms. The first-order valence-electron chi connectivity index (χ1n) is 9.06. The molecule has 0 aromatic heterocycles. The number of hydrogen-bond acceptors (Lipinski definition) is 3. The molecule has 1 N–H and O–H groups in total. The van der Waals surface area contributed by atoms with E-state index >= 15 is 0 Å². The van der Waals surface area contributed by atoms with Crippen LogP contribution in [0.5, 0.6) is 5.75 Å². The highest BCUT2D eigenvalue weighted by molar-refractivity contribution is 6.15. The summed E-state index contributed by atoms with van der Waals surface area (Å²) in [5.41, 5.74) is 5.38. The van der Waals surface area contributed by atoms with E-state index in [4.69, 9.17) is 4.74 Å². The normalized spacial score (nSPS) is 11.2.